The molecule has 1 unspecified atom stereocenters. The third-order valence-corrected chi connectivity index (χ3v) is 3.83. The number of benzene rings is 1. The van der Waals surface area contributed by atoms with Gasteiger partial charge in [-0.1, -0.05) is 18.7 Å². The Hall–Kier alpha value is -2.18. The van der Waals surface area contributed by atoms with Gasteiger partial charge in [-0.05, 0) is 37.6 Å². The van der Waals surface area contributed by atoms with Crippen molar-refractivity contribution in [1.82, 2.24) is 10.2 Å². The van der Waals surface area contributed by atoms with E-state index in [1.54, 1.807) is 17.0 Å². The Morgan fingerprint density at radius 1 is 1.42 bits per heavy atom. The van der Waals surface area contributed by atoms with Gasteiger partial charge in [0.25, 0.3) is 5.91 Å². The van der Waals surface area contributed by atoms with Gasteiger partial charge in [0.1, 0.15) is 0 Å². The summed E-state index contributed by atoms with van der Waals surface area (Å²) in [4.78, 5) is 25.6. The largest absolute Gasteiger partial charge is 0.394 e. The number of aliphatic hydroxyl groups excluding tert-OH is 1. The lowest BCUT2D eigenvalue weighted by atomic mass is 10.0. The number of aliphatic hydroxyl groups is 1. The van der Waals surface area contributed by atoms with Crippen molar-refractivity contribution < 1.29 is 19.4 Å². The van der Waals surface area contributed by atoms with Crippen LogP contribution in [0.25, 0.3) is 0 Å². The number of carbonyl (C=O) groups is 2. The van der Waals surface area contributed by atoms with Crippen LogP contribution < -0.4 is 5.32 Å². The minimum atomic E-state index is -0.490. The van der Waals surface area contributed by atoms with E-state index in [4.69, 9.17) is 4.74 Å². The summed E-state index contributed by atoms with van der Waals surface area (Å²) in [5.74, 6) is -0.327. The number of nitrogens with zero attached hydrogens (tertiary/aromatic N) is 1. The Kier molecular flexibility index (Phi) is 5.75. The summed E-state index contributed by atoms with van der Waals surface area (Å²) in [6.07, 6.45) is 0.849. The standard InChI is InChI=1S/C18H24N2O4/c1-4-16(22)19-9-13-5-7-14(8-6-13)17(23)20-10-15(11-21)24-18(2,3)12-20/h4-8,15,21H,1,9-12H2,2-3H3,(H,19,22). The molecule has 0 saturated carbocycles. The maximum atomic E-state index is 12.7. The number of morpholine rings is 1. The number of carbonyl (C=O) groups excluding carboxylic acids is 2. The van der Waals surface area contributed by atoms with Gasteiger partial charge in [-0.3, -0.25) is 9.59 Å². The molecule has 1 aromatic carbocycles. The number of nitrogens with one attached hydrogen (secondary N) is 1. The molecule has 1 saturated heterocycles. The summed E-state index contributed by atoms with van der Waals surface area (Å²) < 4.78 is 5.73. The summed E-state index contributed by atoms with van der Waals surface area (Å²) in [6.45, 7) is 8.32. The van der Waals surface area contributed by atoms with E-state index in [2.05, 4.69) is 11.9 Å². The van der Waals surface area contributed by atoms with Crippen molar-refractivity contribution in [2.75, 3.05) is 19.7 Å². The fourth-order valence-corrected chi connectivity index (χ4v) is 2.75. The molecule has 130 valence electrons. The van der Waals surface area contributed by atoms with Crippen LogP contribution in [-0.4, -0.2) is 53.2 Å². The molecule has 1 fully saturated rings. The van der Waals surface area contributed by atoms with Gasteiger partial charge >= 0.3 is 0 Å². The maximum Gasteiger partial charge on any atom is 0.254 e. The minimum absolute atomic E-state index is 0.0912. The Labute approximate surface area is 142 Å². The first-order valence-electron chi connectivity index (χ1n) is 7.92. The van der Waals surface area contributed by atoms with Gasteiger partial charge in [0.15, 0.2) is 0 Å². The van der Waals surface area contributed by atoms with Crippen molar-refractivity contribution in [2.45, 2.75) is 32.1 Å². The van der Waals surface area contributed by atoms with Gasteiger partial charge < -0.3 is 20.1 Å². The molecule has 2 amide bonds. The van der Waals surface area contributed by atoms with Crippen molar-refractivity contribution in [3.05, 3.63) is 48.0 Å². The number of rotatable bonds is 5. The van der Waals surface area contributed by atoms with E-state index in [1.807, 2.05) is 26.0 Å². The fourth-order valence-electron chi connectivity index (χ4n) is 2.75. The number of ether oxygens (including phenoxy) is 1. The van der Waals surface area contributed by atoms with Crippen LogP contribution in [0.2, 0.25) is 0 Å². The average Bonchev–Trinajstić information content (AvgIpc) is 2.57. The van der Waals surface area contributed by atoms with Crippen LogP contribution in [0, 0.1) is 0 Å². The van der Waals surface area contributed by atoms with Gasteiger partial charge in [0, 0.05) is 25.2 Å². The number of hydrogen-bond donors (Lipinski definition) is 2. The van der Waals surface area contributed by atoms with Crippen molar-refractivity contribution in [3.8, 4) is 0 Å². The lowest BCUT2D eigenvalue weighted by Crippen LogP contribution is -2.55. The van der Waals surface area contributed by atoms with Crippen LogP contribution in [0.1, 0.15) is 29.8 Å². The number of hydrogen-bond acceptors (Lipinski definition) is 4. The maximum absolute atomic E-state index is 12.7. The van der Waals surface area contributed by atoms with E-state index in [-0.39, 0.29) is 24.5 Å². The molecule has 6 heteroatoms. The first-order valence-corrected chi connectivity index (χ1v) is 7.92. The lowest BCUT2D eigenvalue weighted by Gasteiger charge is -2.42. The normalized spacial score (nSPS) is 19.6. The topological polar surface area (TPSA) is 78.9 Å². The Morgan fingerprint density at radius 3 is 2.67 bits per heavy atom. The van der Waals surface area contributed by atoms with Crippen LogP contribution in [0.15, 0.2) is 36.9 Å². The van der Waals surface area contributed by atoms with E-state index >= 15 is 0 Å². The highest BCUT2D eigenvalue weighted by Gasteiger charge is 2.35. The number of amides is 2. The summed E-state index contributed by atoms with van der Waals surface area (Å²) in [5.41, 5.74) is 0.983. The highest BCUT2D eigenvalue weighted by molar-refractivity contribution is 5.94. The molecule has 0 spiro atoms. The third-order valence-electron chi connectivity index (χ3n) is 3.83. The first kappa shape index (κ1) is 18.2. The molecule has 1 aliphatic heterocycles. The fraction of sp³-hybridized carbons (Fsp3) is 0.444. The molecule has 0 radical (unpaired) electrons. The van der Waals surface area contributed by atoms with Crippen LogP contribution >= 0.6 is 0 Å². The molecule has 6 nitrogen and oxygen atoms in total. The molecule has 1 atom stereocenters. The van der Waals surface area contributed by atoms with Crippen LogP contribution in [0.4, 0.5) is 0 Å². The zero-order valence-electron chi connectivity index (χ0n) is 14.1. The summed E-state index contributed by atoms with van der Waals surface area (Å²) in [7, 11) is 0. The van der Waals surface area contributed by atoms with Gasteiger partial charge in [0.2, 0.25) is 5.91 Å². The predicted octanol–water partition coefficient (Wildman–Crippen LogP) is 1.10. The quantitative estimate of drug-likeness (QED) is 0.792. The highest BCUT2D eigenvalue weighted by Crippen LogP contribution is 2.22. The second kappa shape index (κ2) is 7.59. The molecule has 2 rings (SSSR count). The molecule has 24 heavy (non-hydrogen) atoms. The van der Waals surface area contributed by atoms with Crippen molar-refractivity contribution in [2.24, 2.45) is 0 Å². The molecular weight excluding hydrogens is 308 g/mol. The van der Waals surface area contributed by atoms with E-state index in [0.29, 0.717) is 25.2 Å². The molecule has 1 heterocycles. The third kappa shape index (κ3) is 4.66. The average molecular weight is 332 g/mol. The SMILES string of the molecule is C=CC(=O)NCc1ccc(C(=O)N2CC(CO)OC(C)(C)C2)cc1. The Morgan fingerprint density at radius 2 is 2.08 bits per heavy atom. The van der Waals surface area contributed by atoms with Gasteiger partial charge in [0.05, 0.1) is 18.3 Å². The molecule has 1 aliphatic rings. The predicted molar refractivity (Wildman–Crippen MR) is 90.4 cm³/mol. The first-order chi connectivity index (χ1) is 11.3. The van der Waals surface area contributed by atoms with Crippen molar-refractivity contribution in [3.63, 3.8) is 0 Å². The van der Waals surface area contributed by atoms with Gasteiger partial charge in [-0.2, -0.15) is 0 Å². The van der Waals surface area contributed by atoms with E-state index < -0.39 is 5.60 Å². The van der Waals surface area contributed by atoms with Gasteiger partial charge in [-0.15, -0.1) is 0 Å². The molecule has 2 N–H and O–H groups in total. The monoisotopic (exact) mass is 332 g/mol. The smallest absolute Gasteiger partial charge is 0.254 e. The van der Waals surface area contributed by atoms with E-state index in [9.17, 15) is 14.7 Å². The molecular formula is C18H24N2O4. The van der Waals surface area contributed by atoms with Gasteiger partial charge in [-0.25, -0.2) is 0 Å². The summed E-state index contributed by atoms with van der Waals surface area (Å²) in [5, 5.41) is 12.0. The van der Waals surface area contributed by atoms with E-state index in [1.165, 1.54) is 6.08 Å². The zero-order valence-corrected chi connectivity index (χ0v) is 14.1. The zero-order chi connectivity index (χ0) is 17.7. The lowest BCUT2D eigenvalue weighted by molar-refractivity contribution is -0.139. The molecule has 0 aromatic heterocycles. The molecule has 0 bridgehead atoms. The Balaban J connectivity index is 2.03. The van der Waals surface area contributed by atoms with Crippen LogP contribution in [-0.2, 0) is 16.1 Å². The van der Waals surface area contributed by atoms with E-state index in [0.717, 1.165) is 5.56 Å². The second-order valence-electron chi connectivity index (χ2n) is 6.49. The second-order valence-corrected chi connectivity index (χ2v) is 6.49. The van der Waals surface area contributed by atoms with Crippen LogP contribution in [0.5, 0.6) is 0 Å². The molecule has 0 aliphatic carbocycles. The Bertz CT molecular complexity index is 610. The minimum Gasteiger partial charge on any atom is -0.394 e. The van der Waals surface area contributed by atoms with Crippen LogP contribution in [0.3, 0.4) is 0 Å². The summed E-state index contributed by atoms with van der Waals surface area (Å²) in [6, 6.07) is 7.11. The summed E-state index contributed by atoms with van der Waals surface area (Å²) >= 11 is 0. The van der Waals surface area contributed by atoms with Crippen molar-refractivity contribution >= 4 is 11.8 Å². The highest BCUT2D eigenvalue weighted by atomic mass is 16.5. The molecule has 1 aromatic rings. The van der Waals surface area contributed by atoms with Crippen molar-refractivity contribution in [1.29, 1.82) is 0 Å².